The molecule has 2 aromatic rings. The van der Waals surface area contributed by atoms with Crippen LogP contribution in [0.3, 0.4) is 0 Å². The fraction of sp³-hybridized carbons (Fsp3) is 0.500. The number of fused-ring (bicyclic) bond motifs is 1. The summed E-state index contributed by atoms with van der Waals surface area (Å²) >= 11 is 0. The van der Waals surface area contributed by atoms with Crippen LogP contribution in [0.2, 0.25) is 0 Å². The number of anilines is 1. The number of hydrogen-bond acceptors (Lipinski definition) is 4. The van der Waals surface area contributed by atoms with Gasteiger partial charge in [-0.05, 0) is 19.1 Å². The molecular weight excluding hydrogens is 328 g/mol. The summed E-state index contributed by atoms with van der Waals surface area (Å²) < 4.78 is 7.48. The maximum atomic E-state index is 12.2. The number of aromatic nitrogens is 2. The number of carbonyl (C=O) groups excluding carboxylic acids is 1. The van der Waals surface area contributed by atoms with Crippen LogP contribution in [0.15, 0.2) is 30.3 Å². The number of carbonyl (C=O) groups is 1. The number of nitrogens with one attached hydrogen (secondary N) is 1. The lowest BCUT2D eigenvalue weighted by Crippen LogP contribution is -2.35. The zero-order valence-electron chi connectivity index (χ0n) is 15.7. The molecule has 1 amide bonds. The van der Waals surface area contributed by atoms with Gasteiger partial charge in [0, 0.05) is 62.9 Å². The summed E-state index contributed by atoms with van der Waals surface area (Å²) in [4.78, 5) is 14.5. The highest BCUT2D eigenvalue weighted by molar-refractivity contribution is 5.76. The molecule has 0 aliphatic carbocycles. The number of likely N-dealkylation sites (N-methyl/N-ethyl adjacent to an activating group) is 1. The van der Waals surface area contributed by atoms with E-state index < -0.39 is 0 Å². The van der Waals surface area contributed by atoms with E-state index in [1.807, 2.05) is 29.9 Å². The Bertz CT molecular complexity index is 727. The van der Waals surface area contributed by atoms with E-state index in [1.54, 1.807) is 0 Å². The van der Waals surface area contributed by atoms with E-state index in [2.05, 4.69) is 34.4 Å². The predicted molar refractivity (Wildman–Crippen MR) is 102 cm³/mol. The van der Waals surface area contributed by atoms with Crippen molar-refractivity contribution in [2.75, 3.05) is 31.1 Å². The molecule has 0 saturated heterocycles. The second kappa shape index (κ2) is 8.85. The summed E-state index contributed by atoms with van der Waals surface area (Å²) in [7, 11) is 1.97. The zero-order valence-corrected chi connectivity index (χ0v) is 15.7. The normalized spacial score (nSPS) is 13.3. The standard InChI is InChI=1S/C20H28N4O2/c1-3-24(16-7-5-4-6-8-16)13-12-21-20(25)10-9-18-17-15-26-14-11-19(17)23(2)22-18/h4-8H,3,9-15H2,1-2H3,(H,21,25). The summed E-state index contributed by atoms with van der Waals surface area (Å²) in [5.74, 6) is 0.0743. The molecule has 0 fully saturated rings. The molecule has 0 saturated carbocycles. The maximum Gasteiger partial charge on any atom is 0.220 e. The van der Waals surface area contributed by atoms with Gasteiger partial charge in [-0.25, -0.2) is 0 Å². The second-order valence-electron chi connectivity index (χ2n) is 6.56. The molecule has 2 heterocycles. The SMILES string of the molecule is CCN(CCNC(=O)CCc1nn(C)c2c1COCC2)c1ccccc1. The predicted octanol–water partition coefficient (Wildman–Crippen LogP) is 2.07. The van der Waals surface area contributed by atoms with Gasteiger partial charge in [-0.2, -0.15) is 5.10 Å². The van der Waals surface area contributed by atoms with Gasteiger partial charge >= 0.3 is 0 Å². The average Bonchev–Trinajstić information content (AvgIpc) is 3.00. The molecule has 26 heavy (non-hydrogen) atoms. The van der Waals surface area contributed by atoms with Gasteiger partial charge in [0.1, 0.15) is 0 Å². The summed E-state index contributed by atoms with van der Waals surface area (Å²) in [6.07, 6.45) is 2.02. The number of benzene rings is 1. The van der Waals surface area contributed by atoms with E-state index in [0.717, 1.165) is 31.8 Å². The molecule has 1 N–H and O–H groups in total. The van der Waals surface area contributed by atoms with Gasteiger partial charge in [0.25, 0.3) is 0 Å². The highest BCUT2D eigenvalue weighted by atomic mass is 16.5. The van der Waals surface area contributed by atoms with Crippen molar-refractivity contribution in [2.45, 2.75) is 32.8 Å². The molecule has 0 unspecified atom stereocenters. The quantitative estimate of drug-likeness (QED) is 0.787. The number of hydrogen-bond donors (Lipinski definition) is 1. The lowest BCUT2D eigenvalue weighted by atomic mass is 10.1. The Balaban J connectivity index is 1.45. The van der Waals surface area contributed by atoms with E-state index >= 15 is 0 Å². The van der Waals surface area contributed by atoms with Crippen molar-refractivity contribution in [1.82, 2.24) is 15.1 Å². The number of amides is 1. The van der Waals surface area contributed by atoms with Crippen LogP contribution in [0.25, 0.3) is 0 Å². The molecule has 1 aromatic carbocycles. The van der Waals surface area contributed by atoms with Crippen molar-refractivity contribution < 1.29 is 9.53 Å². The van der Waals surface area contributed by atoms with E-state index in [1.165, 1.54) is 16.9 Å². The number of aryl methyl sites for hydroxylation is 2. The van der Waals surface area contributed by atoms with Crippen molar-refractivity contribution in [1.29, 1.82) is 0 Å². The summed E-state index contributed by atoms with van der Waals surface area (Å²) in [5.41, 5.74) is 4.60. The van der Waals surface area contributed by atoms with Crippen molar-refractivity contribution >= 4 is 11.6 Å². The molecule has 0 bridgehead atoms. The smallest absolute Gasteiger partial charge is 0.220 e. The highest BCUT2D eigenvalue weighted by Gasteiger charge is 2.20. The first-order valence-corrected chi connectivity index (χ1v) is 9.37. The number of rotatable bonds is 8. The van der Waals surface area contributed by atoms with Crippen LogP contribution < -0.4 is 10.2 Å². The monoisotopic (exact) mass is 356 g/mol. The van der Waals surface area contributed by atoms with Gasteiger partial charge in [-0.15, -0.1) is 0 Å². The first-order chi connectivity index (χ1) is 12.7. The Labute approximate surface area is 155 Å². The molecular formula is C20H28N4O2. The first kappa shape index (κ1) is 18.5. The Hall–Kier alpha value is -2.34. The number of ether oxygens (including phenoxy) is 1. The van der Waals surface area contributed by atoms with Gasteiger partial charge < -0.3 is 15.0 Å². The second-order valence-corrected chi connectivity index (χ2v) is 6.56. The third-order valence-corrected chi connectivity index (χ3v) is 4.88. The van der Waals surface area contributed by atoms with E-state index in [9.17, 15) is 4.79 Å². The maximum absolute atomic E-state index is 12.2. The third kappa shape index (κ3) is 4.43. The molecule has 6 nitrogen and oxygen atoms in total. The van der Waals surface area contributed by atoms with Crippen LogP contribution in [0.1, 0.15) is 30.3 Å². The topological polar surface area (TPSA) is 59.4 Å². The van der Waals surface area contributed by atoms with E-state index in [4.69, 9.17) is 4.74 Å². The third-order valence-electron chi connectivity index (χ3n) is 4.88. The van der Waals surface area contributed by atoms with Crippen LogP contribution in [0, 0.1) is 0 Å². The van der Waals surface area contributed by atoms with Crippen LogP contribution in [0.5, 0.6) is 0 Å². The highest BCUT2D eigenvalue weighted by Crippen LogP contribution is 2.21. The van der Waals surface area contributed by atoms with Crippen molar-refractivity contribution in [2.24, 2.45) is 7.05 Å². The Morgan fingerprint density at radius 1 is 1.35 bits per heavy atom. The minimum atomic E-state index is 0.0743. The molecule has 3 rings (SSSR count). The fourth-order valence-electron chi connectivity index (χ4n) is 3.45. The van der Waals surface area contributed by atoms with Gasteiger partial charge in [-0.3, -0.25) is 9.48 Å². The molecule has 1 aliphatic rings. The van der Waals surface area contributed by atoms with E-state index in [-0.39, 0.29) is 5.91 Å². The van der Waals surface area contributed by atoms with Gasteiger partial charge in [0.2, 0.25) is 5.91 Å². The lowest BCUT2D eigenvalue weighted by molar-refractivity contribution is -0.121. The molecule has 1 aromatic heterocycles. The van der Waals surface area contributed by atoms with Gasteiger partial charge in [0.05, 0.1) is 18.9 Å². The first-order valence-electron chi connectivity index (χ1n) is 9.37. The lowest BCUT2D eigenvalue weighted by Gasteiger charge is -2.23. The van der Waals surface area contributed by atoms with Crippen LogP contribution in [0.4, 0.5) is 5.69 Å². The molecule has 0 atom stereocenters. The van der Waals surface area contributed by atoms with Gasteiger partial charge in [-0.1, -0.05) is 18.2 Å². The average molecular weight is 356 g/mol. The number of para-hydroxylation sites is 1. The summed E-state index contributed by atoms with van der Waals surface area (Å²) in [6, 6.07) is 10.3. The minimum Gasteiger partial charge on any atom is -0.376 e. The fourth-order valence-corrected chi connectivity index (χ4v) is 3.45. The molecule has 6 heteroatoms. The summed E-state index contributed by atoms with van der Waals surface area (Å²) in [5, 5.41) is 7.60. The van der Waals surface area contributed by atoms with Crippen molar-refractivity contribution in [3.63, 3.8) is 0 Å². The van der Waals surface area contributed by atoms with Crippen molar-refractivity contribution in [3.8, 4) is 0 Å². The van der Waals surface area contributed by atoms with E-state index in [0.29, 0.717) is 26.0 Å². The van der Waals surface area contributed by atoms with Crippen LogP contribution >= 0.6 is 0 Å². The van der Waals surface area contributed by atoms with Gasteiger partial charge in [0.15, 0.2) is 0 Å². The molecule has 0 radical (unpaired) electrons. The molecule has 140 valence electrons. The Morgan fingerprint density at radius 2 is 2.15 bits per heavy atom. The zero-order chi connectivity index (χ0) is 18.4. The van der Waals surface area contributed by atoms with Crippen LogP contribution in [-0.4, -0.2) is 41.9 Å². The van der Waals surface area contributed by atoms with Crippen molar-refractivity contribution in [3.05, 3.63) is 47.3 Å². The largest absolute Gasteiger partial charge is 0.376 e. The number of nitrogens with zero attached hydrogens (tertiary/aromatic N) is 3. The minimum absolute atomic E-state index is 0.0743. The Kier molecular flexibility index (Phi) is 6.28. The van der Waals surface area contributed by atoms with Crippen LogP contribution in [-0.2, 0) is 36.0 Å². The summed E-state index contributed by atoms with van der Waals surface area (Å²) in [6.45, 7) is 5.86. The molecule has 1 aliphatic heterocycles. The Morgan fingerprint density at radius 3 is 2.92 bits per heavy atom. The molecule has 0 spiro atoms.